The first-order valence-corrected chi connectivity index (χ1v) is 9.48. The van der Waals surface area contributed by atoms with E-state index in [0.29, 0.717) is 10.9 Å². The van der Waals surface area contributed by atoms with Gasteiger partial charge in [0, 0.05) is 22.6 Å². The number of aryl methyl sites for hydroxylation is 2. The third-order valence-electron chi connectivity index (χ3n) is 4.79. The lowest BCUT2D eigenvalue weighted by atomic mass is 10.2. The molecule has 0 spiro atoms. The van der Waals surface area contributed by atoms with Crippen molar-refractivity contribution >= 4 is 27.2 Å². The highest BCUT2D eigenvalue weighted by atomic mass is 32.1. The van der Waals surface area contributed by atoms with Gasteiger partial charge in [0.2, 0.25) is 11.8 Å². The van der Waals surface area contributed by atoms with Gasteiger partial charge < -0.3 is 4.42 Å². The van der Waals surface area contributed by atoms with E-state index in [1.54, 1.807) is 23.5 Å². The van der Waals surface area contributed by atoms with Gasteiger partial charge in [0.05, 0.1) is 16.6 Å². The molecule has 9 nitrogen and oxygen atoms in total. The molecule has 0 unspecified atom stereocenters. The van der Waals surface area contributed by atoms with Crippen LogP contribution in [0.4, 0.5) is 5.69 Å². The van der Waals surface area contributed by atoms with Crippen LogP contribution in [0, 0.1) is 10.1 Å². The first-order chi connectivity index (χ1) is 13.6. The Morgan fingerprint density at radius 1 is 1.21 bits per heavy atom. The van der Waals surface area contributed by atoms with Gasteiger partial charge in [-0.3, -0.25) is 19.5 Å². The van der Waals surface area contributed by atoms with Crippen LogP contribution < -0.4 is 5.56 Å². The Morgan fingerprint density at radius 3 is 2.82 bits per heavy atom. The van der Waals surface area contributed by atoms with Crippen LogP contribution in [-0.4, -0.2) is 24.7 Å². The molecule has 0 atom stereocenters. The van der Waals surface area contributed by atoms with Crippen LogP contribution in [0.15, 0.2) is 39.8 Å². The van der Waals surface area contributed by atoms with E-state index in [0.717, 1.165) is 29.7 Å². The Bertz CT molecular complexity index is 1270. The monoisotopic (exact) mass is 395 g/mol. The molecular weight excluding hydrogens is 382 g/mol. The molecule has 0 saturated heterocycles. The van der Waals surface area contributed by atoms with Crippen molar-refractivity contribution in [3.05, 3.63) is 67.4 Å². The standard InChI is InChI=1S/C18H13N5O4S/c24-18-15-12-2-1-3-13(12)28-17(15)19-9-22(18)8-14-20-21-16(27-14)10-4-6-11(7-5-10)23(25)26/h4-7,9H,1-3,8H2. The molecule has 4 aromatic rings. The Kier molecular flexibility index (Phi) is 3.79. The number of nitro groups is 1. The molecule has 1 aliphatic carbocycles. The fourth-order valence-corrected chi connectivity index (χ4v) is 4.66. The third kappa shape index (κ3) is 2.69. The topological polar surface area (TPSA) is 117 Å². The molecule has 0 saturated carbocycles. The summed E-state index contributed by atoms with van der Waals surface area (Å²) in [6.45, 7) is 0.117. The number of rotatable bonds is 4. The molecule has 0 aliphatic heterocycles. The molecule has 1 aliphatic rings. The minimum Gasteiger partial charge on any atom is -0.419 e. The number of thiophene rings is 1. The molecule has 140 valence electrons. The van der Waals surface area contributed by atoms with Gasteiger partial charge in [-0.2, -0.15) is 0 Å². The van der Waals surface area contributed by atoms with Crippen molar-refractivity contribution < 1.29 is 9.34 Å². The molecular formula is C18H13N5O4S. The van der Waals surface area contributed by atoms with Crippen molar-refractivity contribution in [3.63, 3.8) is 0 Å². The van der Waals surface area contributed by atoms with Gasteiger partial charge in [0.15, 0.2) is 0 Å². The van der Waals surface area contributed by atoms with Crippen molar-refractivity contribution in [1.82, 2.24) is 19.7 Å². The van der Waals surface area contributed by atoms with Crippen LogP contribution in [0.2, 0.25) is 0 Å². The SMILES string of the molecule is O=c1c2c3c(sc2ncn1Cc1nnc(-c2ccc([N+](=O)[O-])cc2)o1)CCC3. The Morgan fingerprint density at radius 2 is 2.04 bits per heavy atom. The highest BCUT2D eigenvalue weighted by Crippen LogP contribution is 2.34. The zero-order valence-corrected chi connectivity index (χ0v) is 15.3. The molecule has 0 bridgehead atoms. The molecule has 1 aromatic carbocycles. The number of nitrogens with zero attached hydrogens (tertiary/aromatic N) is 5. The highest BCUT2D eigenvalue weighted by molar-refractivity contribution is 7.18. The van der Waals surface area contributed by atoms with Crippen molar-refractivity contribution in [2.24, 2.45) is 0 Å². The smallest absolute Gasteiger partial charge is 0.269 e. The summed E-state index contributed by atoms with van der Waals surface area (Å²) >= 11 is 1.60. The average molecular weight is 395 g/mol. The van der Waals surface area contributed by atoms with Crippen molar-refractivity contribution in [1.29, 1.82) is 0 Å². The Labute approximate surface area is 161 Å². The summed E-state index contributed by atoms with van der Waals surface area (Å²) in [5.41, 5.74) is 1.59. The summed E-state index contributed by atoms with van der Waals surface area (Å²) in [5, 5.41) is 19.4. The second-order valence-electron chi connectivity index (χ2n) is 6.52. The largest absolute Gasteiger partial charge is 0.419 e. The van der Waals surface area contributed by atoms with E-state index in [4.69, 9.17) is 4.42 Å². The van der Waals surface area contributed by atoms with Crippen molar-refractivity contribution in [2.45, 2.75) is 25.8 Å². The second-order valence-corrected chi connectivity index (χ2v) is 7.60. The van der Waals surface area contributed by atoms with Gasteiger partial charge in [-0.05, 0) is 37.0 Å². The Hall–Kier alpha value is -3.40. The number of hydrogen-bond donors (Lipinski definition) is 0. The summed E-state index contributed by atoms with van der Waals surface area (Å²) in [4.78, 5) is 29.6. The second kappa shape index (κ2) is 6.34. The van der Waals surface area contributed by atoms with Gasteiger partial charge in [-0.15, -0.1) is 21.5 Å². The maximum absolute atomic E-state index is 12.9. The first-order valence-electron chi connectivity index (χ1n) is 8.67. The lowest BCUT2D eigenvalue weighted by Gasteiger charge is -2.02. The predicted molar refractivity (Wildman–Crippen MR) is 101 cm³/mol. The van der Waals surface area contributed by atoms with Crippen molar-refractivity contribution in [3.8, 4) is 11.5 Å². The fraction of sp³-hybridized carbons (Fsp3) is 0.222. The molecule has 28 heavy (non-hydrogen) atoms. The van der Waals surface area contributed by atoms with E-state index < -0.39 is 4.92 Å². The lowest BCUT2D eigenvalue weighted by Crippen LogP contribution is -2.21. The van der Waals surface area contributed by atoms with Crippen LogP contribution in [0.5, 0.6) is 0 Å². The molecule has 10 heteroatoms. The lowest BCUT2D eigenvalue weighted by molar-refractivity contribution is -0.384. The molecule has 5 rings (SSSR count). The van der Waals surface area contributed by atoms with E-state index in [9.17, 15) is 14.9 Å². The van der Waals surface area contributed by atoms with Crippen molar-refractivity contribution in [2.75, 3.05) is 0 Å². The third-order valence-corrected chi connectivity index (χ3v) is 5.99. The zero-order chi connectivity index (χ0) is 19.3. The first kappa shape index (κ1) is 16.8. The van der Waals surface area contributed by atoms with Crippen LogP contribution in [0.1, 0.15) is 22.8 Å². The number of fused-ring (bicyclic) bond motifs is 3. The van der Waals surface area contributed by atoms with E-state index in [2.05, 4.69) is 15.2 Å². The fourth-order valence-electron chi connectivity index (χ4n) is 3.44. The number of benzene rings is 1. The molecule has 0 radical (unpaired) electrons. The summed E-state index contributed by atoms with van der Waals surface area (Å²) in [7, 11) is 0. The van der Waals surface area contributed by atoms with Gasteiger partial charge in [0.1, 0.15) is 11.4 Å². The summed E-state index contributed by atoms with van der Waals surface area (Å²) < 4.78 is 7.11. The Balaban J connectivity index is 1.45. The summed E-state index contributed by atoms with van der Waals surface area (Å²) in [6.07, 6.45) is 4.51. The number of aromatic nitrogens is 4. The van der Waals surface area contributed by atoms with Gasteiger partial charge in [0.25, 0.3) is 11.2 Å². The average Bonchev–Trinajstić information content (AvgIpc) is 3.40. The maximum Gasteiger partial charge on any atom is 0.269 e. The zero-order valence-electron chi connectivity index (χ0n) is 14.5. The normalized spacial score (nSPS) is 13.1. The number of hydrogen-bond acceptors (Lipinski definition) is 8. The van der Waals surface area contributed by atoms with Crippen LogP contribution >= 0.6 is 11.3 Å². The number of nitro benzene ring substituents is 1. The minimum atomic E-state index is -0.472. The molecule has 0 N–H and O–H groups in total. The van der Waals surface area contributed by atoms with E-state index in [1.807, 2.05) is 0 Å². The molecule has 0 amide bonds. The predicted octanol–water partition coefficient (Wildman–Crippen LogP) is 2.95. The summed E-state index contributed by atoms with van der Waals surface area (Å²) in [6, 6.07) is 5.84. The minimum absolute atomic E-state index is 0.0160. The number of non-ortho nitro benzene ring substituents is 1. The van der Waals surface area contributed by atoms with Gasteiger partial charge in [-0.25, -0.2) is 4.98 Å². The van der Waals surface area contributed by atoms with E-state index in [1.165, 1.54) is 27.9 Å². The van der Waals surface area contributed by atoms with Crippen LogP contribution in [-0.2, 0) is 19.4 Å². The molecule has 3 aromatic heterocycles. The van der Waals surface area contributed by atoms with E-state index in [-0.39, 0.29) is 29.6 Å². The quantitative estimate of drug-likeness (QED) is 0.385. The maximum atomic E-state index is 12.9. The molecule has 0 fully saturated rings. The van der Waals surface area contributed by atoms with E-state index >= 15 is 0 Å². The highest BCUT2D eigenvalue weighted by Gasteiger charge is 2.21. The molecule has 3 heterocycles. The van der Waals surface area contributed by atoms with Crippen LogP contribution in [0.25, 0.3) is 21.7 Å². The van der Waals surface area contributed by atoms with Gasteiger partial charge in [-0.1, -0.05) is 0 Å². The van der Waals surface area contributed by atoms with Crippen LogP contribution in [0.3, 0.4) is 0 Å². The summed E-state index contributed by atoms with van der Waals surface area (Å²) in [5.74, 6) is 0.506. The van der Waals surface area contributed by atoms with Gasteiger partial charge >= 0.3 is 0 Å².